The second kappa shape index (κ2) is 3.63. The molecule has 0 aromatic heterocycles. The molecule has 3 heteroatoms. The van der Waals surface area contributed by atoms with Gasteiger partial charge in [-0.15, -0.1) is 0 Å². The lowest BCUT2D eigenvalue weighted by molar-refractivity contribution is 0.517. The van der Waals surface area contributed by atoms with Crippen LogP contribution >= 0.6 is 0 Å². The summed E-state index contributed by atoms with van der Waals surface area (Å²) in [6, 6.07) is 6.78. The lowest BCUT2D eigenvalue weighted by Gasteiger charge is -2.11. The third kappa shape index (κ3) is 2.16. The molecule has 1 aliphatic rings. The molecule has 1 aliphatic carbocycles. The molecule has 1 aromatic rings. The third-order valence-corrected chi connectivity index (χ3v) is 2.90. The highest BCUT2D eigenvalue weighted by Crippen LogP contribution is 2.34. The molecule has 15 heavy (non-hydrogen) atoms. The first-order valence-electron chi connectivity index (χ1n) is 5.07. The zero-order chi connectivity index (χ0) is 10.9. The van der Waals surface area contributed by atoms with Crippen LogP contribution in [-0.2, 0) is 6.54 Å². The number of nitriles is 1. The van der Waals surface area contributed by atoms with Crippen molar-refractivity contribution in [1.29, 1.82) is 5.26 Å². The number of nitrogens with zero attached hydrogens (tertiary/aromatic N) is 1. The van der Waals surface area contributed by atoms with Crippen LogP contribution in [-0.4, -0.2) is 5.54 Å². The first-order chi connectivity index (χ1) is 7.14. The van der Waals surface area contributed by atoms with Gasteiger partial charge in [-0.05, 0) is 25.8 Å². The molecule has 2 rings (SSSR count). The van der Waals surface area contributed by atoms with Crippen LogP contribution in [0.5, 0.6) is 0 Å². The van der Waals surface area contributed by atoms with Gasteiger partial charge in [-0.2, -0.15) is 5.26 Å². The molecule has 1 aromatic carbocycles. The minimum Gasteiger partial charge on any atom is -0.307 e. The zero-order valence-electron chi connectivity index (χ0n) is 8.68. The number of halogens is 1. The van der Waals surface area contributed by atoms with Crippen LogP contribution in [0.4, 0.5) is 4.39 Å². The lowest BCUT2D eigenvalue weighted by atomic mass is 10.1. The standard InChI is InChI=1S/C12H13FN2/c1-12(5-6-12)15-8-10-4-2-3-9(7-14)11(10)13/h2-4,15H,5-6,8H2,1H3. The number of hydrogen-bond donors (Lipinski definition) is 1. The summed E-state index contributed by atoms with van der Waals surface area (Å²) in [4.78, 5) is 0. The quantitative estimate of drug-likeness (QED) is 0.820. The summed E-state index contributed by atoms with van der Waals surface area (Å²) in [5.41, 5.74) is 0.882. The van der Waals surface area contributed by atoms with Crippen molar-refractivity contribution in [2.75, 3.05) is 0 Å². The zero-order valence-corrected chi connectivity index (χ0v) is 8.68. The van der Waals surface area contributed by atoms with Gasteiger partial charge in [0.1, 0.15) is 11.9 Å². The van der Waals surface area contributed by atoms with Gasteiger partial charge in [0, 0.05) is 17.6 Å². The Balaban J connectivity index is 2.11. The fraction of sp³-hybridized carbons (Fsp3) is 0.417. The molecule has 0 heterocycles. The Bertz CT molecular complexity index is 416. The van der Waals surface area contributed by atoms with Gasteiger partial charge < -0.3 is 5.32 Å². The molecule has 0 unspecified atom stereocenters. The summed E-state index contributed by atoms with van der Waals surface area (Å²) in [6.45, 7) is 2.62. The van der Waals surface area contributed by atoms with Gasteiger partial charge in [0.15, 0.2) is 0 Å². The van der Waals surface area contributed by atoms with Crippen LogP contribution in [0.2, 0.25) is 0 Å². The van der Waals surface area contributed by atoms with Crippen LogP contribution in [0.3, 0.4) is 0 Å². The average Bonchev–Trinajstić information content (AvgIpc) is 2.96. The summed E-state index contributed by atoms with van der Waals surface area (Å²) in [7, 11) is 0. The van der Waals surface area contributed by atoms with Gasteiger partial charge in [0.05, 0.1) is 5.56 Å². The van der Waals surface area contributed by atoms with E-state index in [0.29, 0.717) is 12.1 Å². The van der Waals surface area contributed by atoms with Crippen molar-refractivity contribution in [2.45, 2.75) is 31.8 Å². The van der Waals surface area contributed by atoms with Gasteiger partial charge in [0.25, 0.3) is 0 Å². The Labute approximate surface area is 88.7 Å². The number of hydrogen-bond acceptors (Lipinski definition) is 2. The van der Waals surface area contributed by atoms with Crippen molar-refractivity contribution in [3.05, 3.63) is 35.1 Å². The third-order valence-electron chi connectivity index (χ3n) is 2.90. The summed E-state index contributed by atoms with van der Waals surface area (Å²) >= 11 is 0. The van der Waals surface area contributed by atoms with E-state index in [1.54, 1.807) is 12.1 Å². The Morgan fingerprint density at radius 2 is 2.27 bits per heavy atom. The lowest BCUT2D eigenvalue weighted by Crippen LogP contribution is -2.27. The maximum atomic E-state index is 13.6. The summed E-state index contributed by atoms with van der Waals surface area (Å²) in [6.07, 6.45) is 2.29. The van der Waals surface area contributed by atoms with E-state index in [9.17, 15) is 4.39 Å². The molecule has 0 atom stereocenters. The van der Waals surface area contributed by atoms with E-state index in [4.69, 9.17) is 5.26 Å². The number of benzene rings is 1. The van der Waals surface area contributed by atoms with Gasteiger partial charge in [-0.1, -0.05) is 12.1 Å². The summed E-state index contributed by atoms with van der Waals surface area (Å²) < 4.78 is 13.6. The predicted molar refractivity (Wildman–Crippen MR) is 55.6 cm³/mol. The molecular formula is C12H13FN2. The minimum absolute atomic E-state index is 0.121. The van der Waals surface area contributed by atoms with Crippen molar-refractivity contribution in [3.8, 4) is 6.07 Å². The molecule has 0 amide bonds. The Hall–Kier alpha value is -1.40. The van der Waals surface area contributed by atoms with E-state index >= 15 is 0 Å². The van der Waals surface area contributed by atoms with Crippen molar-refractivity contribution in [3.63, 3.8) is 0 Å². The summed E-state index contributed by atoms with van der Waals surface area (Å²) in [5, 5.41) is 12.0. The van der Waals surface area contributed by atoms with Crippen LogP contribution in [0.25, 0.3) is 0 Å². The molecule has 0 aliphatic heterocycles. The molecule has 0 spiro atoms. The van der Waals surface area contributed by atoms with E-state index in [1.165, 1.54) is 6.07 Å². The Kier molecular flexibility index (Phi) is 2.45. The minimum atomic E-state index is -0.392. The fourth-order valence-electron chi connectivity index (χ4n) is 1.48. The summed E-state index contributed by atoms with van der Waals surface area (Å²) in [5.74, 6) is -0.392. The molecule has 0 radical (unpaired) electrons. The largest absolute Gasteiger partial charge is 0.307 e. The molecule has 2 nitrogen and oxygen atoms in total. The maximum Gasteiger partial charge on any atom is 0.145 e. The second-order valence-electron chi connectivity index (χ2n) is 4.30. The highest BCUT2D eigenvalue weighted by molar-refractivity contribution is 5.35. The van der Waals surface area contributed by atoms with Gasteiger partial charge in [0.2, 0.25) is 0 Å². The first kappa shape index (κ1) is 10.1. The van der Waals surface area contributed by atoms with Gasteiger partial charge in [-0.3, -0.25) is 0 Å². The molecule has 1 fully saturated rings. The highest BCUT2D eigenvalue weighted by Gasteiger charge is 2.36. The van der Waals surface area contributed by atoms with Gasteiger partial charge in [-0.25, -0.2) is 4.39 Å². The predicted octanol–water partition coefficient (Wildman–Crippen LogP) is 2.34. The number of nitrogens with one attached hydrogen (secondary N) is 1. The molecule has 1 saturated carbocycles. The fourth-order valence-corrected chi connectivity index (χ4v) is 1.48. The van der Waals surface area contributed by atoms with Crippen LogP contribution in [0, 0.1) is 17.1 Å². The topological polar surface area (TPSA) is 35.8 Å². The molecule has 1 N–H and O–H groups in total. The van der Waals surface area contributed by atoms with E-state index < -0.39 is 5.82 Å². The SMILES string of the molecule is CC1(NCc2cccc(C#N)c2F)CC1. The van der Waals surface area contributed by atoms with Gasteiger partial charge >= 0.3 is 0 Å². The van der Waals surface area contributed by atoms with Crippen LogP contribution < -0.4 is 5.32 Å². The molecule has 0 saturated heterocycles. The Morgan fingerprint density at radius 1 is 1.53 bits per heavy atom. The normalized spacial score (nSPS) is 17.1. The van der Waals surface area contributed by atoms with E-state index in [-0.39, 0.29) is 11.1 Å². The van der Waals surface area contributed by atoms with Crippen LogP contribution in [0.15, 0.2) is 18.2 Å². The highest BCUT2D eigenvalue weighted by atomic mass is 19.1. The van der Waals surface area contributed by atoms with Crippen molar-refractivity contribution < 1.29 is 4.39 Å². The van der Waals surface area contributed by atoms with E-state index in [0.717, 1.165) is 12.8 Å². The maximum absolute atomic E-state index is 13.6. The first-order valence-corrected chi connectivity index (χ1v) is 5.07. The average molecular weight is 204 g/mol. The van der Waals surface area contributed by atoms with Crippen molar-refractivity contribution >= 4 is 0 Å². The van der Waals surface area contributed by atoms with E-state index in [1.807, 2.05) is 6.07 Å². The molecular weight excluding hydrogens is 191 g/mol. The van der Waals surface area contributed by atoms with Crippen molar-refractivity contribution in [2.24, 2.45) is 0 Å². The molecule has 78 valence electrons. The molecule has 0 bridgehead atoms. The van der Waals surface area contributed by atoms with E-state index in [2.05, 4.69) is 12.2 Å². The van der Waals surface area contributed by atoms with Crippen LogP contribution in [0.1, 0.15) is 30.9 Å². The number of rotatable bonds is 3. The Morgan fingerprint density at radius 3 is 2.87 bits per heavy atom. The second-order valence-corrected chi connectivity index (χ2v) is 4.30. The monoisotopic (exact) mass is 204 g/mol. The smallest absolute Gasteiger partial charge is 0.145 e. The van der Waals surface area contributed by atoms with Crippen molar-refractivity contribution in [1.82, 2.24) is 5.32 Å².